The van der Waals surface area contributed by atoms with Crippen LogP contribution < -0.4 is 9.62 Å². The zero-order valence-electron chi connectivity index (χ0n) is 13.7. The molecule has 13 heteroatoms. The van der Waals surface area contributed by atoms with Crippen molar-refractivity contribution in [2.45, 2.75) is 6.18 Å². The molecule has 2 aromatic rings. The van der Waals surface area contributed by atoms with E-state index >= 15 is 0 Å². The molecule has 0 atom stereocenters. The smallest absolute Gasteiger partial charge is 0.322 e. The maximum Gasteiger partial charge on any atom is 0.416 e. The van der Waals surface area contributed by atoms with Gasteiger partial charge in [0.15, 0.2) is 10.9 Å². The average molecular weight is 413 g/mol. The quantitative estimate of drug-likeness (QED) is 0.448. The number of nitrogens with one attached hydrogen (secondary N) is 1. The average Bonchev–Trinajstić information content (AvgIpc) is 3.09. The molecular weight excluding hydrogens is 403 g/mol. The van der Waals surface area contributed by atoms with Gasteiger partial charge >= 0.3 is 6.18 Å². The highest BCUT2D eigenvalue weighted by Crippen LogP contribution is 2.42. The number of aliphatic imine (C=N–C) groups is 1. The number of hydrogen-bond acceptors (Lipinski definition) is 8. The summed E-state index contributed by atoms with van der Waals surface area (Å²) in [6.45, 7) is 0.152. The number of amidine groups is 1. The molecule has 0 aliphatic carbocycles. The fourth-order valence-electron chi connectivity index (χ4n) is 2.38. The largest absolute Gasteiger partial charge is 0.416 e. The number of anilines is 2. The van der Waals surface area contributed by atoms with Crippen LogP contribution in [0.25, 0.3) is 0 Å². The first-order chi connectivity index (χ1) is 13.2. The summed E-state index contributed by atoms with van der Waals surface area (Å²) in [6, 6.07) is 9.46. The molecule has 0 bridgehead atoms. The minimum atomic E-state index is -4.97. The summed E-state index contributed by atoms with van der Waals surface area (Å²) >= 11 is 1.01. The number of benzene rings is 2. The molecule has 146 valence electrons. The number of nitro groups is 2. The number of rotatable bonds is 4. The highest BCUT2D eigenvalue weighted by Gasteiger charge is 2.38. The molecule has 1 aliphatic heterocycles. The number of nitro benzene ring substituents is 2. The topological polar surface area (TPSA) is 114 Å². The van der Waals surface area contributed by atoms with Gasteiger partial charge in [-0.2, -0.15) is 13.2 Å². The molecule has 0 amide bonds. The summed E-state index contributed by atoms with van der Waals surface area (Å²) in [7, 11) is 0. The molecule has 1 heterocycles. The molecule has 0 fully saturated rings. The molecule has 2 aromatic carbocycles. The first-order valence-electron chi connectivity index (χ1n) is 7.53. The van der Waals surface area contributed by atoms with E-state index in [4.69, 9.17) is 0 Å². The Bertz CT molecular complexity index is 933. The predicted molar refractivity (Wildman–Crippen MR) is 97.2 cm³/mol. The van der Waals surface area contributed by atoms with Gasteiger partial charge in [-0.3, -0.25) is 24.5 Å². The van der Waals surface area contributed by atoms with Crippen molar-refractivity contribution in [2.24, 2.45) is 4.99 Å². The Morgan fingerprint density at radius 3 is 2.14 bits per heavy atom. The molecule has 1 N–H and O–H groups in total. The SMILES string of the molecule is O=[N+]([O-])c1cc(C(F)(F)F)cc([N+](=O)[O-])c1NC1=NCN(c2ccccc2)S1. The molecule has 0 unspecified atom stereocenters. The van der Waals surface area contributed by atoms with Gasteiger partial charge in [-0.25, -0.2) is 4.99 Å². The van der Waals surface area contributed by atoms with Crippen LogP contribution in [0, 0.1) is 20.2 Å². The summed E-state index contributed by atoms with van der Waals surface area (Å²) in [5, 5.41) is 25.0. The lowest BCUT2D eigenvalue weighted by Gasteiger charge is -2.15. The van der Waals surface area contributed by atoms with E-state index in [0.29, 0.717) is 0 Å². The monoisotopic (exact) mass is 413 g/mol. The van der Waals surface area contributed by atoms with Gasteiger partial charge in [0.05, 0.1) is 15.4 Å². The van der Waals surface area contributed by atoms with E-state index < -0.39 is 38.6 Å². The van der Waals surface area contributed by atoms with Crippen LogP contribution in [0.15, 0.2) is 47.5 Å². The third kappa shape index (κ3) is 3.98. The van der Waals surface area contributed by atoms with E-state index in [1.165, 1.54) is 0 Å². The maximum atomic E-state index is 13.0. The molecule has 0 saturated carbocycles. The van der Waals surface area contributed by atoms with Crippen LogP contribution in [-0.2, 0) is 6.18 Å². The highest BCUT2D eigenvalue weighted by molar-refractivity contribution is 8.15. The van der Waals surface area contributed by atoms with Crippen molar-refractivity contribution in [2.75, 3.05) is 16.3 Å². The van der Waals surface area contributed by atoms with Crippen molar-refractivity contribution in [3.05, 3.63) is 68.3 Å². The number of halogens is 3. The van der Waals surface area contributed by atoms with Crippen molar-refractivity contribution in [1.29, 1.82) is 0 Å². The standard InChI is InChI=1S/C15H10F3N5O4S/c16-15(17,18)9-6-11(22(24)25)13(12(7-9)23(26)27)20-14-19-8-21(28-14)10-4-2-1-3-5-10/h1-7H,8H2,(H,19,20). The molecular formula is C15H10F3N5O4S. The molecule has 1 aliphatic rings. The van der Waals surface area contributed by atoms with Crippen LogP contribution >= 0.6 is 11.9 Å². The van der Waals surface area contributed by atoms with Crippen LogP contribution in [0.4, 0.5) is 35.9 Å². The number of alkyl halides is 3. The Balaban J connectivity index is 1.95. The van der Waals surface area contributed by atoms with Gasteiger partial charge in [0, 0.05) is 29.8 Å². The second-order valence-corrected chi connectivity index (χ2v) is 6.45. The van der Waals surface area contributed by atoms with Gasteiger partial charge < -0.3 is 5.32 Å². The summed E-state index contributed by atoms with van der Waals surface area (Å²) in [4.78, 5) is 24.4. The number of hydrogen-bond donors (Lipinski definition) is 1. The molecule has 0 radical (unpaired) electrons. The third-order valence-corrected chi connectivity index (χ3v) is 4.58. The van der Waals surface area contributed by atoms with Crippen molar-refractivity contribution >= 4 is 39.9 Å². The fraction of sp³-hybridized carbons (Fsp3) is 0.133. The van der Waals surface area contributed by atoms with Crippen LogP contribution in [0.5, 0.6) is 0 Å². The van der Waals surface area contributed by atoms with Crippen molar-refractivity contribution in [1.82, 2.24) is 0 Å². The van der Waals surface area contributed by atoms with Crippen LogP contribution in [0.1, 0.15) is 5.56 Å². The molecule has 0 spiro atoms. The Morgan fingerprint density at radius 2 is 1.64 bits per heavy atom. The molecule has 3 rings (SSSR count). The normalized spacial score (nSPS) is 14.0. The zero-order chi connectivity index (χ0) is 20.5. The molecule has 9 nitrogen and oxygen atoms in total. The number of para-hydroxylation sites is 1. The van der Waals surface area contributed by atoms with Gasteiger partial charge in [-0.15, -0.1) is 0 Å². The van der Waals surface area contributed by atoms with Crippen LogP contribution in [0.3, 0.4) is 0 Å². The molecule has 0 aromatic heterocycles. The minimum absolute atomic E-state index is 0.0785. The van der Waals surface area contributed by atoms with Crippen molar-refractivity contribution in [3.8, 4) is 0 Å². The number of nitrogens with zero attached hydrogens (tertiary/aromatic N) is 4. The molecule has 0 saturated heterocycles. The van der Waals surface area contributed by atoms with E-state index in [1.807, 2.05) is 0 Å². The lowest BCUT2D eigenvalue weighted by atomic mass is 10.1. The van der Waals surface area contributed by atoms with Gasteiger partial charge in [-0.05, 0) is 12.1 Å². The first-order valence-corrected chi connectivity index (χ1v) is 8.30. The van der Waals surface area contributed by atoms with Gasteiger partial charge in [0.25, 0.3) is 11.4 Å². The van der Waals surface area contributed by atoms with Crippen molar-refractivity contribution in [3.63, 3.8) is 0 Å². The Hall–Kier alpha value is -3.35. The lowest BCUT2D eigenvalue weighted by molar-refractivity contribution is -0.392. The maximum absolute atomic E-state index is 13.0. The van der Waals surface area contributed by atoms with Gasteiger partial charge in [-0.1, -0.05) is 18.2 Å². The third-order valence-electron chi connectivity index (χ3n) is 3.63. The second-order valence-electron chi connectivity index (χ2n) is 5.44. The fourth-order valence-corrected chi connectivity index (χ4v) is 3.19. The minimum Gasteiger partial charge on any atom is -0.322 e. The first kappa shape index (κ1) is 19.4. The van der Waals surface area contributed by atoms with E-state index in [2.05, 4.69) is 10.3 Å². The van der Waals surface area contributed by atoms with E-state index in [9.17, 15) is 33.4 Å². The van der Waals surface area contributed by atoms with Crippen LogP contribution in [0.2, 0.25) is 0 Å². The van der Waals surface area contributed by atoms with Gasteiger partial charge in [0.2, 0.25) is 0 Å². The Kier molecular flexibility index (Phi) is 5.09. The van der Waals surface area contributed by atoms with Crippen LogP contribution in [-0.4, -0.2) is 21.7 Å². The summed E-state index contributed by atoms with van der Waals surface area (Å²) in [5.41, 5.74) is -3.51. The van der Waals surface area contributed by atoms with Gasteiger partial charge in [0.1, 0.15) is 6.67 Å². The van der Waals surface area contributed by atoms with E-state index in [0.717, 1.165) is 17.6 Å². The van der Waals surface area contributed by atoms with Crippen molar-refractivity contribution < 1.29 is 23.0 Å². The highest BCUT2D eigenvalue weighted by atomic mass is 32.2. The predicted octanol–water partition coefficient (Wildman–Crippen LogP) is 4.42. The summed E-state index contributed by atoms with van der Waals surface area (Å²) in [5.74, 6) is 0. The van der Waals surface area contributed by atoms with E-state index in [-0.39, 0.29) is 24.0 Å². The second kappa shape index (κ2) is 7.34. The Labute approximate surface area is 159 Å². The lowest BCUT2D eigenvalue weighted by Crippen LogP contribution is -2.14. The molecule has 28 heavy (non-hydrogen) atoms. The summed E-state index contributed by atoms with van der Waals surface area (Å²) in [6.07, 6.45) is -4.97. The summed E-state index contributed by atoms with van der Waals surface area (Å²) < 4.78 is 40.5. The zero-order valence-corrected chi connectivity index (χ0v) is 14.5. The Morgan fingerprint density at radius 1 is 1.07 bits per heavy atom. The van der Waals surface area contributed by atoms with E-state index in [1.54, 1.807) is 34.6 Å².